The number of furan rings is 1. The predicted octanol–water partition coefficient (Wildman–Crippen LogP) is 4.20. The van der Waals surface area contributed by atoms with Crippen molar-refractivity contribution in [2.45, 2.75) is 0 Å². The lowest BCUT2D eigenvalue weighted by molar-refractivity contribution is 0.102. The molecule has 3 nitrogen and oxygen atoms in total. The van der Waals surface area contributed by atoms with Gasteiger partial charge in [0, 0.05) is 16.8 Å². The second kappa shape index (κ2) is 5.45. The number of hydrogen-bond acceptors (Lipinski definition) is 2. The van der Waals surface area contributed by atoms with Crippen LogP contribution >= 0.6 is 0 Å². The standard InChI is InChI=1S/C17H13NO2/c19-17(13-6-2-1-3-7-13)18-15-9-4-8-14(12-15)16-10-5-11-20-16/h1-12H,(H,18,19). The summed E-state index contributed by atoms with van der Waals surface area (Å²) < 4.78 is 5.35. The van der Waals surface area contributed by atoms with Gasteiger partial charge in [-0.25, -0.2) is 0 Å². The predicted molar refractivity (Wildman–Crippen MR) is 78.5 cm³/mol. The maximum atomic E-state index is 12.1. The highest BCUT2D eigenvalue weighted by atomic mass is 16.3. The molecule has 0 bridgehead atoms. The molecular formula is C17H13NO2. The molecule has 3 aromatic rings. The Morgan fingerprint density at radius 1 is 0.900 bits per heavy atom. The van der Waals surface area contributed by atoms with Gasteiger partial charge in [-0.1, -0.05) is 30.3 Å². The zero-order valence-corrected chi connectivity index (χ0v) is 10.7. The molecule has 0 spiro atoms. The van der Waals surface area contributed by atoms with Crippen LogP contribution in [-0.2, 0) is 0 Å². The van der Waals surface area contributed by atoms with Crippen molar-refractivity contribution >= 4 is 11.6 Å². The van der Waals surface area contributed by atoms with E-state index >= 15 is 0 Å². The molecule has 0 saturated carbocycles. The van der Waals surface area contributed by atoms with Gasteiger partial charge < -0.3 is 9.73 Å². The van der Waals surface area contributed by atoms with E-state index in [2.05, 4.69) is 5.32 Å². The largest absolute Gasteiger partial charge is 0.464 e. The molecule has 0 aliphatic heterocycles. The van der Waals surface area contributed by atoms with Gasteiger partial charge in [0.2, 0.25) is 0 Å². The van der Waals surface area contributed by atoms with Crippen LogP contribution in [-0.4, -0.2) is 5.91 Å². The van der Waals surface area contributed by atoms with Crippen molar-refractivity contribution in [2.24, 2.45) is 0 Å². The summed E-state index contributed by atoms with van der Waals surface area (Å²) in [5.74, 6) is 0.656. The summed E-state index contributed by atoms with van der Waals surface area (Å²) >= 11 is 0. The van der Waals surface area contributed by atoms with E-state index in [1.54, 1.807) is 18.4 Å². The van der Waals surface area contributed by atoms with E-state index in [9.17, 15) is 4.79 Å². The molecule has 0 aliphatic carbocycles. The summed E-state index contributed by atoms with van der Waals surface area (Å²) in [6, 6.07) is 20.4. The summed E-state index contributed by atoms with van der Waals surface area (Å²) in [6.07, 6.45) is 1.63. The van der Waals surface area contributed by atoms with Crippen LogP contribution in [0.5, 0.6) is 0 Å². The van der Waals surface area contributed by atoms with Crippen LogP contribution in [0.4, 0.5) is 5.69 Å². The van der Waals surface area contributed by atoms with Gasteiger partial charge in [-0.3, -0.25) is 4.79 Å². The molecule has 1 amide bonds. The quantitative estimate of drug-likeness (QED) is 0.769. The number of nitrogens with one attached hydrogen (secondary N) is 1. The molecule has 1 aromatic heterocycles. The Morgan fingerprint density at radius 3 is 2.50 bits per heavy atom. The highest BCUT2D eigenvalue weighted by molar-refractivity contribution is 6.04. The van der Waals surface area contributed by atoms with Crippen LogP contribution in [0.1, 0.15) is 10.4 Å². The van der Waals surface area contributed by atoms with E-state index in [1.165, 1.54) is 0 Å². The zero-order valence-electron chi connectivity index (χ0n) is 10.7. The lowest BCUT2D eigenvalue weighted by Gasteiger charge is -2.06. The fourth-order valence-electron chi connectivity index (χ4n) is 1.99. The van der Waals surface area contributed by atoms with Crippen molar-refractivity contribution in [3.63, 3.8) is 0 Å². The Morgan fingerprint density at radius 2 is 1.75 bits per heavy atom. The average molecular weight is 263 g/mol. The summed E-state index contributed by atoms with van der Waals surface area (Å²) in [5, 5.41) is 2.88. The number of hydrogen-bond donors (Lipinski definition) is 1. The highest BCUT2D eigenvalue weighted by Gasteiger charge is 2.06. The molecule has 3 rings (SSSR count). The van der Waals surface area contributed by atoms with Gasteiger partial charge in [0.1, 0.15) is 5.76 Å². The van der Waals surface area contributed by atoms with Gasteiger partial charge in [0.25, 0.3) is 5.91 Å². The Labute approximate surface area is 116 Å². The minimum absolute atomic E-state index is 0.123. The van der Waals surface area contributed by atoms with Crippen LogP contribution in [0.2, 0.25) is 0 Å². The highest BCUT2D eigenvalue weighted by Crippen LogP contribution is 2.23. The fraction of sp³-hybridized carbons (Fsp3) is 0. The molecule has 3 heteroatoms. The van der Waals surface area contributed by atoms with Crippen LogP contribution in [0.25, 0.3) is 11.3 Å². The van der Waals surface area contributed by atoms with E-state index < -0.39 is 0 Å². The molecule has 0 saturated heterocycles. The number of amides is 1. The second-order valence-corrected chi connectivity index (χ2v) is 4.38. The summed E-state index contributed by atoms with van der Waals surface area (Å²) in [5.41, 5.74) is 2.31. The molecule has 0 atom stereocenters. The third-order valence-corrected chi connectivity index (χ3v) is 2.96. The molecule has 1 heterocycles. The van der Waals surface area contributed by atoms with Gasteiger partial charge in [0.15, 0.2) is 0 Å². The number of carbonyl (C=O) groups excluding carboxylic acids is 1. The molecule has 20 heavy (non-hydrogen) atoms. The third-order valence-electron chi connectivity index (χ3n) is 2.96. The molecule has 0 aliphatic rings. The fourth-order valence-corrected chi connectivity index (χ4v) is 1.99. The number of benzene rings is 2. The smallest absolute Gasteiger partial charge is 0.255 e. The second-order valence-electron chi connectivity index (χ2n) is 4.38. The van der Waals surface area contributed by atoms with E-state index in [-0.39, 0.29) is 5.91 Å². The Kier molecular flexibility index (Phi) is 3.33. The van der Waals surface area contributed by atoms with Crippen molar-refractivity contribution in [3.8, 4) is 11.3 Å². The number of rotatable bonds is 3. The minimum atomic E-state index is -0.123. The Hall–Kier alpha value is -2.81. The summed E-state index contributed by atoms with van der Waals surface area (Å²) in [6.45, 7) is 0. The van der Waals surface area contributed by atoms with Crippen LogP contribution < -0.4 is 5.32 Å². The SMILES string of the molecule is O=C(Nc1cccc(-c2ccco2)c1)c1ccccc1. The summed E-state index contributed by atoms with van der Waals surface area (Å²) in [7, 11) is 0. The molecule has 98 valence electrons. The topological polar surface area (TPSA) is 42.2 Å². The van der Waals surface area contributed by atoms with Crippen molar-refractivity contribution < 1.29 is 9.21 Å². The number of carbonyl (C=O) groups is 1. The third kappa shape index (κ3) is 2.62. The molecule has 0 fully saturated rings. The number of anilines is 1. The van der Waals surface area contributed by atoms with E-state index in [0.29, 0.717) is 5.56 Å². The maximum Gasteiger partial charge on any atom is 0.255 e. The summed E-state index contributed by atoms with van der Waals surface area (Å²) in [4.78, 5) is 12.1. The van der Waals surface area contributed by atoms with Crippen molar-refractivity contribution in [2.75, 3.05) is 5.32 Å². The van der Waals surface area contributed by atoms with E-state index in [4.69, 9.17) is 4.42 Å². The monoisotopic (exact) mass is 263 g/mol. The lowest BCUT2D eigenvalue weighted by atomic mass is 10.1. The molecule has 0 unspecified atom stereocenters. The van der Waals surface area contributed by atoms with Gasteiger partial charge in [-0.15, -0.1) is 0 Å². The normalized spacial score (nSPS) is 10.2. The van der Waals surface area contributed by atoms with E-state index in [1.807, 2.05) is 54.6 Å². The molecule has 0 radical (unpaired) electrons. The maximum absolute atomic E-state index is 12.1. The van der Waals surface area contributed by atoms with Crippen LogP contribution in [0, 0.1) is 0 Å². The lowest BCUT2D eigenvalue weighted by Crippen LogP contribution is -2.11. The van der Waals surface area contributed by atoms with Crippen molar-refractivity contribution in [1.29, 1.82) is 0 Å². The first-order valence-corrected chi connectivity index (χ1v) is 6.33. The van der Waals surface area contributed by atoms with Gasteiger partial charge in [-0.05, 0) is 36.4 Å². The first-order chi connectivity index (χ1) is 9.83. The van der Waals surface area contributed by atoms with Crippen molar-refractivity contribution in [3.05, 3.63) is 78.6 Å². The first kappa shape index (κ1) is 12.2. The molecular weight excluding hydrogens is 250 g/mol. The molecule has 2 aromatic carbocycles. The zero-order chi connectivity index (χ0) is 13.8. The van der Waals surface area contributed by atoms with Crippen LogP contribution in [0.15, 0.2) is 77.4 Å². The van der Waals surface area contributed by atoms with Gasteiger partial charge in [-0.2, -0.15) is 0 Å². The first-order valence-electron chi connectivity index (χ1n) is 6.33. The Bertz CT molecular complexity index is 703. The van der Waals surface area contributed by atoms with Gasteiger partial charge >= 0.3 is 0 Å². The average Bonchev–Trinajstić information content (AvgIpc) is 3.03. The van der Waals surface area contributed by atoms with E-state index in [0.717, 1.165) is 17.0 Å². The molecule has 1 N–H and O–H groups in total. The van der Waals surface area contributed by atoms with Crippen LogP contribution in [0.3, 0.4) is 0 Å². The Balaban J connectivity index is 1.82. The van der Waals surface area contributed by atoms with Crippen molar-refractivity contribution in [1.82, 2.24) is 0 Å². The van der Waals surface area contributed by atoms with Gasteiger partial charge in [0.05, 0.1) is 6.26 Å². The minimum Gasteiger partial charge on any atom is -0.464 e.